The quantitative estimate of drug-likeness (QED) is 0.588. The molecule has 0 aliphatic carbocycles. The van der Waals surface area contributed by atoms with Gasteiger partial charge in [0.2, 0.25) is 0 Å². The highest BCUT2D eigenvalue weighted by Gasteiger charge is 2.58. The number of nitrogens with one attached hydrogen (secondary N) is 1. The zero-order valence-corrected chi connectivity index (χ0v) is 18.3. The van der Waals surface area contributed by atoms with Crippen molar-refractivity contribution >= 4 is 23.1 Å². The molecule has 5 nitrogen and oxygen atoms in total. The Bertz CT molecular complexity index is 1240. The summed E-state index contributed by atoms with van der Waals surface area (Å²) in [4.78, 5) is 28.8. The minimum Gasteiger partial charge on any atom is -0.382 e. The van der Waals surface area contributed by atoms with E-state index < -0.39 is 17.0 Å². The van der Waals surface area contributed by atoms with Crippen molar-refractivity contribution < 1.29 is 14.7 Å². The van der Waals surface area contributed by atoms with Crippen LogP contribution in [0.2, 0.25) is 0 Å². The maximum Gasteiger partial charge on any atom is 0.265 e. The fourth-order valence-corrected chi connectivity index (χ4v) is 5.23. The summed E-state index contributed by atoms with van der Waals surface area (Å²) in [5.41, 5.74) is 2.09. The fourth-order valence-electron chi connectivity index (χ4n) is 5.23. The number of benzene rings is 3. The average molecular weight is 427 g/mol. The number of Topliss-reactive ketones (excluding diaryl/α,β-unsaturated/α-hetero) is 1. The molecular weight excluding hydrogens is 400 g/mol. The summed E-state index contributed by atoms with van der Waals surface area (Å²) < 4.78 is 0. The van der Waals surface area contributed by atoms with E-state index in [1.54, 1.807) is 29.2 Å². The van der Waals surface area contributed by atoms with Gasteiger partial charge >= 0.3 is 0 Å². The van der Waals surface area contributed by atoms with Crippen molar-refractivity contribution in [1.82, 2.24) is 0 Å². The molecule has 0 bridgehead atoms. The van der Waals surface area contributed by atoms with Crippen LogP contribution in [0.15, 0.2) is 72.8 Å². The lowest BCUT2D eigenvalue weighted by Crippen LogP contribution is -2.53. The van der Waals surface area contributed by atoms with E-state index >= 15 is 0 Å². The van der Waals surface area contributed by atoms with E-state index in [-0.39, 0.29) is 12.2 Å². The Labute approximate surface area is 187 Å². The van der Waals surface area contributed by atoms with Crippen LogP contribution >= 0.6 is 0 Å². The van der Waals surface area contributed by atoms with E-state index in [4.69, 9.17) is 0 Å². The normalized spacial score (nSPS) is 23.6. The summed E-state index contributed by atoms with van der Waals surface area (Å²) in [6.45, 7) is 4.51. The first-order valence-corrected chi connectivity index (χ1v) is 11.0. The van der Waals surface area contributed by atoms with Crippen LogP contribution in [0.25, 0.3) is 0 Å². The molecule has 0 radical (unpaired) electrons. The monoisotopic (exact) mass is 426 g/mol. The molecule has 2 aliphatic rings. The van der Waals surface area contributed by atoms with Crippen molar-refractivity contribution in [2.45, 2.75) is 37.8 Å². The van der Waals surface area contributed by atoms with E-state index in [2.05, 4.69) is 12.2 Å². The zero-order chi connectivity index (χ0) is 22.5. The van der Waals surface area contributed by atoms with Crippen molar-refractivity contribution in [3.63, 3.8) is 0 Å². The number of ketones is 1. The SMILES string of the molecule is CCC1(N2C(=O)C(O)(CC(=O)c3cccc(C)c3)c3ccccc32)CNc2ccccc21. The molecule has 0 fully saturated rings. The lowest BCUT2D eigenvalue weighted by molar-refractivity contribution is -0.137. The van der Waals surface area contributed by atoms with Crippen molar-refractivity contribution in [2.75, 3.05) is 16.8 Å². The second-order valence-corrected chi connectivity index (χ2v) is 8.77. The molecule has 0 saturated heterocycles. The molecule has 2 heterocycles. The molecule has 2 aliphatic heterocycles. The van der Waals surface area contributed by atoms with Crippen LogP contribution in [0.1, 0.15) is 46.8 Å². The van der Waals surface area contributed by atoms with Crippen LogP contribution < -0.4 is 10.2 Å². The molecule has 162 valence electrons. The Morgan fingerprint density at radius 1 is 1.03 bits per heavy atom. The van der Waals surface area contributed by atoms with Crippen molar-refractivity contribution in [1.29, 1.82) is 0 Å². The van der Waals surface area contributed by atoms with Crippen molar-refractivity contribution in [3.8, 4) is 0 Å². The molecule has 2 N–H and O–H groups in total. The number of carbonyl (C=O) groups is 2. The third-order valence-corrected chi connectivity index (χ3v) is 6.92. The lowest BCUT2D eigenvalue weighted by Gasteiger charge is -2.39. The van der Waals surface area contributed by atoms with Gasteiger partial charge in [0.25, 0.3) is 5.91 Å². The summed E-state index contributed by atoms with van der Waals surface area (Å²) in [6, 6.07) is 22.5. The Kier molecular flexibility index (Phi) is 4.68. The van der Waals surface area contributed by atoms with Gasteiger partial charge in [-0.3, -0.25) is 14.5 Å². The van der Waals surface area contributed by atoms with E-state index in [1.807, 2.05) is 55.5 Å². The first-order chi connectivity index (χ1) is 15.4. The number of hydrogen-bond donors (Lipinski definition) is 2. The van der Waals surface area contributed by atoms with Crippen LogP contribution in [-0.2, 0) is 15.9 Å². The third kappa shape index (κ3) is 2.81. The lowest BCUT2D eigenvalue weighted by atomic mass is 9.86. The van der Waals surface area contributed by atoms with Gasteiger partial charge in [-0.1, -0.05) is 67.1 Å². The smallest absolute Gasteiger partial charge is 0.265 e. The number of anilines is 2. The number of carbonyl (C=O) groups excluding carboxylic acids is 2. The number of para-hydroxylation sites is 2. The summed E-state index contributed by atoms with van der Waals surface area (Å²) in [5.74, 6) is -0.697. The van der Waals surface area contributed by atoms with Crippen LogP contribution in [0.5, 0.6) is 0 Å². The van der Waals surface area contributed by atoms with E-state index in [9.17, 15) is 14.7 Å². The number of aliphatic hydroxyl groups is 1. The minimum atomic E-state index is -1.91. The van der Waals surface area contributed by atoms with Crippen molar-refractivity contribution in [2.24, 2.45) is 0 Å². The van der Waals surface area contributed by atoms with Gasteiger partial charge in [0.15, 0.2) is 11.4 Å². The first kappa shape index (κ1) is 20.5. The molecule has 0 aromatic heterocycles. The Morgan fingerprint density at radius 3 is 2.50 bits per heavy atom. The molecule has 0 spiro atoms. The minimum absolute atomic E-state index is 0.253. The fraction of sp³-hybridized carbons (Fsp3) is 0.259. The molecule has 2 atom stereocenters. The second kappa shape index (κ2) is 7.31. The van der Waals surface area contributed by atoms with Gasteiger partial charge in [0.1, 0.15) is 0 Å². The van der Waals surface area contributed by atoms with E-state index in [1.165, 1.54) is 0 Å². The van der Waals surface area contributed by atoms with Crippen LogP contribution in [-0.4, -0.2) is 23.3 Å². The van der Waals surface area contributed by atoms with Gasteiger partial charge in [-0.2, -0.15) is 0 Å². The van der Waals surface area contributed by atoms with Gasteiger partial charge in [0.05, 0.1) is 17.6 Å². The summed E-state index contributed by atoms with van der Waals surface area (Å²) in [6.07, 6.45) is 0.372. The molecule has 3 aromatic rings. The van der Waals surface area contributed by atoms with Crippen LogP contribution in [0, 0.1) is 6.92 Å². The number of hydrogen-bond acceptors (Lipinski definition) is 4. The third-order valence-electron chi connectivity index (χ3n) is 6.92. The van der Waals surface area contributed by atoms with Gasteiger partial charge in [-0.05, 0) is 31.5 Å². The molecule has 0 saturated carbocycles. The molecule has 2 unspecified atom stereocenters. The average Bonchev–Trinajstić information content (AvgIpc) is 3.28. The Hall–Kier alpha value is -3.44. The largest absolute Gasteiger partial charge is 0.382 e. The van der Waals surface area contributed by atoms with Gasteiger partial charge < -0.3 is 10.4 Å². The van der Waals surface area contributed by atoms with Crippen LogP contribution in [0.4, 0.5) is 11.4 Å². The molecule has 1 amide bonds. The zero-order valence-electron chi connectivity index (χ0n) is 18.3. The maximum atomic E-state index is 14.0. The number of nitrogens with zero attached hydrogens (tertiary/aromatic N) is 1. The van der Waals surface area contributed by atoms with Crippen LogP contribution in [0.3, 0.4) is 0 Å². The van der Waals surface area contributed by atoms with Gasteiger partial charge in [-0.15, -0.1) is 0 Å². The number of fused-ring (bicyclic) bond motifs is 2. The number of aryl methyl sites for hydroxylation is 1. The van der Waals surface area contributed by atoms with Gasteiger partial charge in [-0.25, -0.2) is 0 Å². The van der Waals surface area contributed by atoms with E-state index in [0.29, 0.717) is 29.8 Å². The molecule has 5 rings (SSSR count). The predicted molar refractivity (Wildman–Crippen MR) is 125 cm³/mol. The summed E-state index contributed by atoms with van der Waals surface area (Å²) >= 11 is 0. The highest BCUT2D eigenvalue weighted by molar-refractivity contribution is 6.12. The summed E-state index contributed by atoms with van der Waals surface area (Å²) in [5, 5.41) is 15.2. The van der Waals surface area contributed by atoms with Crippen molar-refractivity contribution in [3.05, 3.63) is 95.1 Å². The number of rotatable bonds is 5. The van der Waals surface area contributed by atoms with E-state index in [0.717, 1.165) is 16.8 Å². The highest BCUT2D eigenvalue weighted by atomic mass is 16.3. The topological polar surface area (TPSA) is 69.6 Å². The van der Waals surface area contributed by atoms with Gasteiger partial charge in [0, 0.05) is 28.9 Å². The Balaban J connectivity index is 1.61. The molecule has 5 heteroatoms. The Morgan fingerprint density at radius 2 is 1.75 bits per heavy atom. The molecule has 3 aromatic carbocycles. The number of amides is 1. The summed E-state index contributed by atoms with van der Waals surface area (Å²) in [7, 11) is 0. The second-order valence-electron chi connectivity index (χ2n) is 8.77. The highest BCUT2D eigenvalue weighted by Crippen LogP contribution is 2.52. The maximum absolute atomic E-state index is 14.0. The first-order valence-electron chi connectivity index (χ1n) is 11.0. The molecular formula is C27H26N2O3. The standard InChI is InChI=1S/C27H26N2O3/c1-3-26(17-28-22-13-6-4-11-20(22)26)29-23-14-7-5-12-21(23)27(32,25(29)31)16-24(30)19-10-8-9-18(2)15-19/h4-15,28,32H,3,16-17H2,1-2H3. The predicted octanol–water partition coefficient (Wildman–Crippen LogP) is 4.53. The molecule has 32 heavy (non-hydrogen) atoms.